The molecule has 1 aromatic rings. The van der Waals surface area contributed by atoms with Crippen molar-refractivity contribution in [3.63, 3.8) is 0 Å². The van der Waals surface area contributed by atoms with Crippen molar-refractivity contribution in [1.29, 1.82) is 0 Å². The summed E-state index contributed by atoms with van der Waals surface area (Å²) in [5.74, 6) is 0.602. The van der Waals surface area contributed by atoms with E-state index in [9.17, 15) is 4.79 Å². The van der Waals surface area contributed by atoms with Crippen molar-refractivity contribution in [2.24, 2.45) is 0 Å². The number of ether oxygens (including phenoxy) is 2. The third-order valence-corrected chi connectivity index (χ3v) is 3.77. The highest BCUT2D eigenvalue weighted by atomic mass is 79.9. The number of carbonyl (C=O) groups is 1. The van der Waals surface area contributed by atoms with Crippen molar-refractivity contribution in [2.45, 2.75) is 19.4 Å². The highest BCUT2D eigenvalue weighted by Gasteiger charge is 2.25. The van der Waals surface area contributed by atoms with Crippen LogP contribution in [0.1, 0.15) is 23.7 Å². The molecule has 0 aliphatic carbocycles. The van der Waals surface area contributed by atoms with Crippen LogP contribution in [0, 0.1) is 0 Å². The number of methoxy groups -OCH3 is 1. The topological polar surface area (TPSA) is 38.8 Å². The summed E-state index contributed by atoms with van der Waals surface area (Å²) in [5.41, 5.74) is 0.599. The molecule has 2 rings (SSSR count). The molecule has 1 saturated heterocycles. The predicted octanol–water partition coefficient (Wildman–Crippen LogP) is 2.71. The Balaban J connectivity index is 2.19. The maximum absolute atomic E-state index is 12.5. The number of nitrogens with zero attached hydrogens (tertiary/aromatic N) is 1. The van der Waals surface area contributed by atoms with Crippen LogP contribution >= 0.6 is 15.9 Å². The minimum Gasteiger partial charge on any atom is -0.496 e. The summed E-state index contributed by atoms with van der Waals surface area (Å²) in [7, 11) is 1.58. The Labute approximate surface area is 121 Å². The first kappa shape index (κ1) is 14.3. The second kappa shape index (κ2) is 6.39. The Morgan fingerprint density at radius 3 is 3.05 bits per heavy atom. The van der Waals surface area contributed by atoms with Crippen LogP contribution in [0.15, 0.2) is 22.7 Å². The number of halogens is 1. The van der Waals surface area contributed by atoms with E-state index in [1.165, 1.54) is 0 Å². The molecule has 0 N–H and O–H groups in total. The third-order valence-electron chi connectivity index (χ3n) is 3.28. The van der Waals surface area contributed by atoms with E-state index < -0.39 is 0 Å². The lowest BCUT2D eigenvalue weighted by molar-refractivity contribution is -0.0227. The molecule has 1 fully saturated rings. The molecule has 5 heteroatoms. The fourth-order valence-corrected chi connectivity index (χ4v) is 2.50. The summed E-state index contributed by atoms with van der Waals surface area (Å²) < 4.78 is 11.8. The number of benzene rings is 1. The molecule has 0 bridgehead atoms. The molecule has 1 unspecified atom stereocenters. The number of rotatable bonds is 3. The largest absolute Gasteiger partial charge is 0.496 e. The van der Waals surface area contributed by atoms with Gasteiger partial charge in [0.2, 0.25) is 0 Å². The second-order valence-electron chi connectivity index (χ2n) is 4.50. The van der Waals surface area contributed by atoms with Crippen molar-refractivity contribution < 1.29 is 14.3 Å². The van der Waals surface area contributed by atoms with E-state index in [4.69, 9.17) is 9.47 Å². The van der Waals surface area contributed by atoms with Gasteiger partial charge in [0.05, 0.1) is 25.4 Å². The van der Waals surface area contributed by atoms with Gasteiger partial charge in [0.1, 0.15) is 5.75 Å². The molecule has 0 saturated carbocycles. The van der Waals surface area contributed by atoms with Crippen LogP contribution in [0.4, 0.5) is 0 Å². The molecule has 1 aliphatic heterocycles. The number of hydrogen-bond donors (Lipinski definition) is 0. The fourth-order valence-electron chi connectivity index (χ4n) is 2.16. The molecule has 0 spiro atoms. The van der Waals surface area contributed by atoms with E-state index in [1.807, 2.05) is 17.0 Å². The van der Waals surface area contributed by atoms with Gasteiger partial charge in [-0.3, -0.25) is 4.79 Å². The molecule has 1 aromatic carbocycles. The lowest BCUT2D eigenvalue weighted by atomic mass is 10.1. The highest BCUT2D eigenvalue weighted by molar-refractivity contribution is 9.10. The molecule has 19 heavy (non-hydrogen) atoms. The van der Waals surface area contributed by atoms with Gasteiger partial charge in [-0.05, 0) is 24.6 Å². The van der Waals surface area contributed by atoms with Crippen LogP contribution < -0.4 is 4.74 Å². The van der Waals surface area contributed by atoms with Crippen LogP contribution in [-0.4, -0.2) is 43.7 Å². The quantitative estimate of drug-likeness (QED) is 0.856. The van der Waals surface area contributed by atoms with Crippen molar-refractivity contribution in [2.75, 3.05) is 26.8 Å². The summed E-state index contributed by atoms with van der Waals surface area (Å²) >= 11 is 3.38. The van der Waals surface area contributed by atoms with Gasteiger partial charge in [-0.25, -0.2) is 0 Å². The second-order valence-corrected chi connectivity index (χ2v) is 5.41. The number of morpholine rings is 1. The monoisotopic (exact) mass is 327 g/mol. The molecule has 1 heterocycles. The molecular formula is C14H18BrNO3. The summed E-state index contributed by atoms with van der Waals surface area (Å²) in [6, 6.07) is 5.46. The SMILES string of the molecule is CCC1CN(C(=O)c2ccc(Br)cc2OC)CCO1. The summed E-state index contributed by atoms with van der Waals surface area (Å²) in [6.07, 6.45) is 1.06. The molecule has 0 radical (unpaired) electrons. The molecule has 1 amide bonds. The van der Waals surface area contributed by atoms with Crippen LogP contribution in [-0.2, 0) is 4.74 Å². The Hall–Kier alpha value is -1.07. The highest BCUT2D eigenvalue weighted by Crippen LogP contribution is 2.25. The Morgan fingerprint density at radius 1 is 1.58 bits per heavy atom. The van der Waals surface area contributed by atoms with Crippen molar-refractivity contribution >= 4 is 21.8 Å². The Morgan fingerprint density at radius 2 is 2.37 bits per heavy atom. The van der Waals surface area contributed by atoms with Gasteiger partial charge in [0.15, 0.2) is 0 Å². The maximum Gasteiger partial charge on any atom is 0.257 e. The third kappa shape index (κ3) is 3.28. The molecule has 0 aromatic heterocycles. The molecular weight excluding hydrogens is 310 g/mol. The van der Waals surface area contributed by atoms with Gasteiger partial charge in [0.25, 0.3) is 5.91 Å². The zero-order valence-corrected chi connectivity index (χ0v) is 12.8. The van der Waals surface area contributed by atoms with Gasteiger partial charge < -0.3 is 14.4 Å². The first-order chi connectivity index (χ1) is 9.15. The van der Waals surface area contributed by atoms with Crippen LogP contribution in [0.5, 0.6) is 5.75 Å². The lowest BCUT2D eigenvalue weighted by Gasteiger charge is -2.32. The van der Waals surface area contributed by atoms with E-state index >= 15 is 0 Å². The molecule has 1 aliphatic rings. The van der Waals surface area contributed by atoms with Crippen molar-refractivity contribution in [1.82, 2.24) is 4.90 Å². The van der Waals surface area contributed by atoms with Crippen LogP contribution in [0.3, 0.4) is 0 Å². The summed E-state index contributed by atoms with van der Waals surface area (Å²) in [4.78, 5) is 14.4. The van der Waals surface area contributed by atoms with E-state index in [0.717, 1.165) is 10.9 Å². The van der Waals surface area contributed by atoms with E-state index in [0.29, 0.717) is 31.0 Å². The van der Waals surface area contributed by atoms with Crippen molar-refractivity contribution in [3.05, 3.63) is 28.2 Å². The standard InChI is InChI=1S/C14H18BrNO3/c1-3-11-9-16(6-7-19-11)14(17)12-5-4-10(15)8-13(12)18-2/h4-5,8,11H,3,6-7,9H2,1-2H3. The predicted molar refractivity (Wildman–Crippen MR) is 76.6 cm³/mol. The Kier molecular flexibility index (Phi) is 4.82. The molecule has 1 atom stereocenters. The fraction of sp³-hybridized carbons (Fsp3) is 0.500. The van der Waals surface area contributed by atoms with Crippen molar-refractivity contribution in [3.8, 4) is 5.75 Å². The maximum atomic E-state index is 12.5. The summed E-state index contributed by atoms with van der Waals surface area (Å²) in [5, 5.41) is 0. The average Bonchev–Trinajstić information content (AvgIpc) is 2.46. The minimum atomic E-state index is 0.00565. The van der Waals surface area contributed by atoms with Gasteiger partial charge >= 0.3 is 0 Å². The van der Waals surface area contributed by atoms with Crippen LogP contribution in [0.2, 0.25) is 0 Å². The smallest absolute Gasteiger partial charge is 0.257 e. The zero-order chi connectivity index (χ0) is 13.8. The average molecular weight is 328 g/mol. The van der Waals surface area contributed by atoms with E-state index in [1.54, 1.807) is 13.2 Å². The van der Waals surface area contributed by atoms with Gasteiger partial charge in [-0.2, -0.15) is 0 Å². The normalized spacial score (nSPS) is 19.3. The van der Waals surface area contributed by atoms with Crippen LogP contribution in [0.25, 0.3) is 0 Å². The molecule has 104 valence electrons. The number of hydrogen-bond acceptors (Lipinski definition) is 3. The van der Waals surface area contributed by atoms with Gasteiger partial charge in [0, 0.05) is 17.6 Å². The minimum absolute atomic E-state index is 0.00565. The first-order valence-electron chi connectivity index (χ1n) is 6.40. The first-order valence-corrected chi connectivity index (χ1v) is 7.19. The van der Waals surface area contributed by atoms with E-state index in [2.05, 4.69) is 22.9 Å². The van der Waals surface area contributed by atoms with Gasteiger partial charge in [-0.1, -0.05) is 22.9 Å². The zero-order valence-electron chi connectivity index (χ0n) is 11.2. The lowest BCUT2D eigenvalue weighted by Crippen LogP contribution is -2.45. The molecule has 4 nitrogen and oxygen atoms in total. The van der Waals surface area contributed by atoms with E-state index in [-0.39, 0.29) is 12.0 Å². The Bertz CT molecular complexity index is 464. The number of carbonyl (C=O) groups excluding carboxylic acids is 1. The number of amides is 1. The summed E-state index contributed by atoms with van der Waals surface area (Å²) in [6.45, 7) is 3.95. The van der Waals surface area contributed by atoms with Gasteiger partial charge in [-0.15, -0.1) is 0 Å².